The lowest BCUT2D eigenvalue weighted by atomic mass is 9.94. The van der Waals surface area contributed by atoms with Gasteiger partial charge in [-0.15, -0.1) is 0 Å². The number of anilines is 1. The summed E-state index contributed by atoms with van der Waals surface area (Å²) >= 11 is 0. The first-order chi connectivity index (χ1) is 17.5. The number of nitrogens with zero attached hydrogens (tertiary/aromatic N) is 4. The molecule has 194 valence electrons. The highest BCUT2D eigenvalue weighted by molar-refractivity contribution is 5.83. The first-order valence-corrected chi connectivity index (χ1v) is 11.6. The number of halogens is 4. The summed E-state index contributed by atoms with van der Waals surface area (Å²) in [6.45, 7) is 7.14. The third-order valence-corrected chi connectivity index (χ3v) is 6.29. The smallest absolute Gasteiger partial charge is 0.419 e. The molecule has 2 N–H and O–H groups in total. The van der Waals surface area contributed by atoms with Crippen molar-refractivity contribution in [2.24, 2.45) is 5.92 Å². The van der Waals surface area contributed by atoms with Crippen LogP contribution < -0.4 is 4.90 Å². The molecule has 1 fully saturated rings. The van der Waals surface area contributed by atoms with Gasteiger partial charge in [-0.25, -0.2) is 19.3 Å². The van der Waals surface area contributed by atoms with Crippen LogP contribution in [0.2, 0.25) is 0 Å². The van der Waals surface area contributed by atoms with Gasteiger partial charge in [0.1, 0.15) is 11.6 Å². The minimum atomic E-state index is -4.81. The van der Waals surface area contributed by atoms with Gasteiger partial charge in [0.05, 0.1) is 16.6 Å². The number of carbonyl (C=O) groups is 1. The number of benzene rings is 1. The number of hydrogen-bond donors (Lipinski definition) is 2. The normalized spacial score (nSPS) is 15.6. The standard InChI is InChI=1S/C26H25F4N5O2/c1-3-17(18-13-31-25(32-14-18)35-8-6-16(7-9-35)10-23(36)37)5-4-15(2)24-33-21-11-19(26(28,29)30)20(27)12-22(21)34-24/h3-5,11-14,16H,2,6-10H2,1H3,(H,33,34)(H,36,37). The predicted molar refractivity (Wildman–Crippen MR) is 132 cm³/mol. The Balaban J connectivity index is 1.44. The zero-order chi connectivity index (χ0) is 26.7. The van der Waals surface area contributed by atoms with E-state index in [9.17, 15) is 22.4 Å². The SMILES string of the molecule is C=C(C=CC(=CC)c1cnc(N2CCC(CC(=O)O)CC2)nc1)c1nc2cc(F)c(C(F)(F)F)cc2[nH]1. The number of fused-ring (bicyclic) bond motifs is 1. The number of aromatic nitrogens is 4. The maximum Gasteiger partial charge on any atom is 0.419 e. The first kappa shape index (κ1) is 26.1. The Morgan fingerprint density at radius 3 is 2.49 bits per heavy atom. The molecule has 1 aromatic carbocycles. The molecule has 2 aromatic heterocycles. The molecule has 0 spiro atoms. The lowest BCUT2D eigenvalue weighted by Crippen LogP contribution is -2.35. The van der Waals surface area contributed by atoms with Gasteiger partial charge in [0.2, 0.25) is 5.95 Å². The zero-order valence-corrected chi connectivity index (χ0v) is 20.0. The molecule has 11 heteroatoms. The van der Waals surface area contributed by atoms with Gasteiger partial charge < -0.3 is 15.0 Å². The van der Waals surface area contributed by atoms with Crippen molar-refractivity contribution < 1.29 is 27.5 Å². The fourth-order valence-corrected chi connectivity index (χ4v) is 4.25. The van der Waals surface area contributed by atoms with Crippen LogP contribution in [0, 0.1) is 11.7 Å². The monoisotopic (exact) mass is 515 g/mol. The van der Waals surface area contributed by atoms with Gasteiger partial charge in [-0.3, -0.25) is 4.79 Å². The van der Waals surface area contributed by atoms with E-state index >= 15 is 0 Å². The molecule has 0 amide bonds. The average Bonchev–Trinajstić information content (AvgIpc) is 3.27. The number of H-pyrrole nitrogens is 1. The van der Waals surface area contributed by atoms with Gasteiger partial charge in [0, 0.05) is 49.1 Å². The van der Waals surface area contributed by atoms with E-state index in [1.165, 1.54) is 0 Å². The highest BCUT2D eigenvalue weighted by Crippen LogP contribution is 2.34. The van der Waals surface area contributed by atoms with Gasteiger partial charge in [-0.2, -0.15) is 13.2 Å². The zero-order valence-electron chi connectivity index (χ0n) is 20.0. The molecule has 0 atom stereocenters. The van der Waals surface area contributed by atoms with E-state index in [4.69, 9.17) is 5.11 Å². The summed E-state index contributed by atoms with van der Waals surface area (Å²) in [5.41, 5.74) is 0.691. The number of carboxylic acids is 1. The maximum atomic E-state index is 13.9. The molecule has 0 radical (unpaired) electrons. The van der Waals surface area contributed by atoms with Crippen molar-refractivity contribution in [1.29, 1.82) is 0 Å². The number of carboxylic acid groups (broad SMARTS) is 1. The second-order valence-electron chi connectivity index (χ2n) is 8.83. The van der Waals surface area contributed by atoms with Crippen LogP contribution in [0.25, 0.3) is 22.2 Å². The molecule has 4 rings (SSSR count). The van der Waals surface area contributed by atoms with Crippen LogP contribution >= 0.6 is 0 Å². The molecule has 1 aliphatic rings. The topological polar surface area (TPSA) is 95.0 Å². The van der Waals surface area contributed by atoms with Crippen LogP contribution in [-0.2, 0) is 11.0 Å². The van der Waals surface area contributed by atoms with E-state index < -0.39 is 23.5 Å². The van der Waals surface area contributed by atoms with Crippen molar-refractivity contribution in [2.45, 2.75) is 32.4 Å². The van der Waals surface area contributed by atoms with Crippen LogP contribution in [0.5, 0.6) is 0 Å². The second kappa shape index (κ2) is 10.5. The van der Waals surface area contributed by atoms with E-state index in [0.29, 0.717) is 30.7 Å². The Morgan fingerprint density at radius 2 is 1.89 bits per heavy atom. The van der Waals surface area contributed by atoms with E-state index in [2.05, 4.69) is 26.5 Å². The Morgan fingerprint density at radius 1 is 1.22 bits per heavy atom. The van der Waals surface area contributed by atoms with E-state index in [-0.39, 0.29) is 29.2 Å². The highest BCUT2D eigenvalue weighted by Gasteiger charge is 2.34. The van der Waals surface area contributed by atoms with Crippen LogP contribution in [0.1, 0.15) is 43.1 Å². The fraction of sp³-hybridized carbons (Fsp3) is 0.308. The maximum absolute atomic E-state index is 13.9. The van der Waals surface area contributed by atoms with Crippen LogP contribution in [0.3, 0.4) is 0 Å². The highest BCUT2D eigenvalue weighted by atomic mass is 19.4. The van der Waals surface area contributed by atoms with Crippen molar-refractivity contribution in [3.63, 3.8) is 0 Å². The lowest BCUT2D eigenvalue weighted by Gasteiger charge is -2.31. The van der Waals surface area contributed by atoms with Crippen molar-refractivity contribution in [3.8, 4) is 0 Å². The molecular weight excluding hydrogens is 490 g/mol. The minimum absolute atomic E-state index is 0.0560. The number of alkyl halides is 3. The third-order valence-electron chi connectivity index (χ3n) is 6.29. The number of aliphatic carboxylic acids is 1. The van der Waals surface area contributed by atoms with Crippen molar-refractivity contribution in [3.05, 3.63) is 72.1 Å². The molecule has 0 aliphatic carbocycles. The number of allylic oxidation sites excluding steroid dienone is 5. The number of nitrogens with one attached hydrogen (secondary N) is 1. The van der Waals surface area contributed by atoms with E-state index in [0.717, 1.165) is 30.0 Å². The van der Waals surface area contributed by atoms with Gasteiger partial charge >= 0.3 is 12.1 Å². The van der Waals surface area contributed by atoms with Gasteiger partial charge in [-0.1, -0.05) is 24.8 Å². The van der Waals surface area contributed by atoms with Gasteiger partial charge in [-0.05, 0) is 37.3 Å². The minimum Gasteiger partial charge on any atom is -0.481 e. The molecule has 0 unspecified atom stereocenters. The molecule has 37 heavy (non-hydrogen) atoms. The Hall–Kier alpha value is -4.02. The lowest BCUT2D eigenvalue weighted by molar-refractivity contribution is -0.140. The van der Waals surface area contributed by atoms with Crippen molar-refractivity contribution >= 4 is 34.1 Å². The molecule has 3 aromatic rings. The van der Waals surface area contributed by atoms with Crippen LogP contribution in [0.4, 0.5) is 23.5 Å². The number of hydrogen-bond acceptors (Lipinski definition) is 5. The summed E-state index contributed by atoms with van der Waals surface area (Å²) in [4.78, 5) is 28.8. The Kier molecular flexibility index (Phi) is 7.42. The molecule has 7 nitrogen and oxygen atoms in total. The summed E-state index contributed by atoms with van der Waals surface area (Å²) in [7, 11) is 0. The Labute approximate surface area is 210 Å². The number of imidazole rings is 1. The van der Waals surface area contributed by atoms with Crippen molar-refractivity contribution in [2.75, 3.05) is 18.0 Å². The molecule has 0 saturated carbocycles. The quantitative estimate of drug-likeness (QED) is 0.302. The van der Waals surface area contributed by atoms with E-state index in [1.54, 1.807) is 24.5 Å². The first-order valence-electron chi connectivity index (χ1n) is 11.6. The number of aromatic amines is 1. The summed E-state index contributed by atoms with van der Waals surface area (Å²) < 4.78 is 52.9. The molecule has 1 aliphatic heterocycles. The predicted octanol–water partition coefficient (Wildman–Crippen LogP) is 5.87. The fourth-order valence-electron chi connectivity index (χ4n) is 4.25. The number of rotatable bonds is 7. The van der Waals surface area contributed by atoms with Gasteiger partial charge in [0.25, 0.3) is 0 Å². The summed E-state index contributed by atoms with van der Waals surface area (Å²) in [6, 6.07) is 1.45. The molecule has 0 bridgehead atoms. The largest absolute Gasteiger partial charge is 0.481 e. The summed E-state index contributed by atoms with van der Waals surface area (Å²) in [5, 5.41) is 8.97. The number of piperidine rings is 1. The van der Waals surface area contributed by atoms with Gasteiger partial charge in [0.15, 0.2) is 0 Å². The molecule has 1 saturated heterocycles. The average molecular weight is 516 g/mol. The van der Waals surface area contributed by atoms with E-state index in [1.807, 2.05) is 17.9 Å². The molecular formula is C26H25F4N5O2. The van der Waals surface area contributed by atoms with Crippen molar-refractivity contribution in [1.82, 2.24) is 19.9 Å². The summed E-state index contributed by atoms with van der Waals surface area (Å²) in [5.74, 6) is -1.20. The van der Waals surface area contributed by atoms with Crippen LogP contribution in [-0.4, -0.2) is 44.1 Å². The Bertz CT molecular complexity index is 1370. The molecule has 3 heterocycles. The second-order valence-corrected chi connectivity index (χ2v) is 8.83. The third kappa shape index (κ3) is 6.04. The summed E-state index contributed by atoms with van der Waals surface area (Å²) in [6.07, 6.45) is 5.55. The van der Waals surface area contributed by atoms with Crippen LogP contribution in [0.15, 0.2) is 49.3 Å².